The predicted octanol–water partition coefficient (Wildman–Crippen LogP) is 2.79. The quantitative estimate of drug-likeness (QED) is 0.140. The fourth-order valence-corrected chi connectivity index (χ4v) is 4.10. The number of hydrogen-bond donors (Lipinski definition) is 6. The molecule has 208 valence electrons. The molecule has 3 amide bonds. The number of nitrogens with one attached hydrogen (secondary N) is 4. The average molecular weight is 543 g/mol. The van der Waals surface area contributed by atoms with Crippen LogP contribution < -0.4 is 21.4 Å². The van der Waals surface area contributed by atoms with E-state index < -0.39 is 24.0 Å². The van der Waals surface area contributed by atoms with Gasteiger partial charge in [-0.2, -0.15) is 0 Å². The summed E-state index contributed by atoms with van der Waals surface area (Å²) >= 11 is 0. The number of benzene rings is 3. The zero-order valence-electron chi connectivity index (χ0n) is 21.3. The molecule has 0 saturated heterocycles. The second-order valence-electron chi connectivity index (χ2n) is 9.36. The predicted molar refractivity (Wildman–Crippen MR) is 153 cm³/mol. The summed E-state index contributed by atoms with van der Waals surface area (Å²) in [6.07, 6.45) is -0.161. The van der Waals surface area contributed by atoms with Crippen molar-refractivity contribution in [3.63, 3.8) is 0 Å². The van der Waals surface area contributed by atoms with Crippen molar-refractivity contribution in [1.82, 2.24) is 16.1 Å². The summed E-state index contributed by atoms with van der Waals surface area (Å²) in [5.41, 5.74) is 5.09. The Balaban J connectivity index is 0.00000441. The van der Waals surface area contributed by atoms with Gasteiger partial charge in [0.15, 0.2) is 0 Å². The topological polar surface area (TPSA) is 140 Å². The van der Waals surface area contributed by atoms with E-state index in [-0.39, 0.29) is 25.4 Å². The largest absolute Gasteiger partial charge is 0.391 e. The molecule has 1 aliphatic carbocycles. The van der Waals surface area contributed by atoms with Crippen LogP contribution in [-0.4, -0.2) is 52.8 Å². The Hall–Kier alpha value is -4.49. The monoisotopic (exact) mass is 542 g/mol. The zero-order valence-corrected chi connectivity index (χ0v) is 21.3. The van der Waals surface area contributed by atoms with E-state index in [1.807, 2.05) is 30.3 Å². The van der Waals surface area contributed by atoms with Gasteiger partial charge in [0.05, 0.1) is 12.6 Å². The van der Waals surface area contributed by atoms with E-state index in [0.29, 0.717) is 23.2 Å². The molecule has 0 bridgehead atoms. The highest BCUT2D eigenvalue weighted by atomic mass is 16.5. The SMILES string of the molecule is C.C[C@@H](O)[C@H](NC(=O)c1ccc(C#Cc2ccc(NC(=O)CN[C@H]3C[C@@H]3c3ccccc3)cc2)cc1)C(=O)NO. The number of carbonyl (C=O) groups is 3. The van der Waals surface area contributed by atoms with Crippen molar-refractivity contribution in [2.24, 2.45) is 0 Å². The van der Waals surface area contributed by atoms with Gasteiger partial charge in [-0.15, -0.1) is 0 Å². The van der Waals surface area contributed by atoms with Crippen LogP contribution in [0.4, 0.5) is 5.69 Å². The van der Waals surface area contributed by atoms with Crippen LogP contribution in [0, 0.1) is 11.8 Å². The molecule has 0 spiro atoms. The molecule has 0 unspecified atom stereocenters. The fraction of sp³-hybridized carbons (Fsp3) is 0.258. The molecule has 0 aromatic heterocycles. The number of aliphatic hydroxyl groups excluding tert-OH is 1. The molecule has 4 atom stereocenters. The van der Waals surface area contributed by atoms with Gasteiger partial charge in [0, 0.05) is 34.3 Å². The minimum Gasteiger partial charge on any atom is -0.391 e. The molecule has 9 heteroatoms. The minimum atomic E-state index is -1.30. The number of carbonyl (C=O) groups excluding carboxylic acids is 3. The summed E-state index contributed by atoms with van der Waals surface area (Å²) in [5.74, 6) is 4.92. The molecule has 1 aliphatic rings. The molecule has 0 radical (unpaired) electrons. The van der Waals surface area contributed by atoms with Gasteiger partial charge in [-0.05, 0) is 67.4 Å². The standard InChI is InChI=1S/C30H30N4O5.CH4/c1-19(35)28(30(38)34-39)33-29(37)23-13-9-20(10-14-23)7-8-21-11-15-24(16-12-21)32-27(36)18-31-26-17-25(26)22-5-3-2-4-6-22;/h2-6,9-16,19,25-26,28,31,35,39H,17-18H2,1H3,(H,32,36)(H,33,37)(H,34,38);1H4/t19-,25-,26+,28+;/m1./s1. The number of anilines is 1. The van der Waals surface area contributed by atoms with Crippen LogP contribution in [-0.2, 0) is 9.59 Å². The van der Waals surface area contributed by atoms with Crippen LogP contribution in [0.3, 0.4) is 0 Å². The normalized spacial score (nSPS) is 16.7. The van der Waals surface area contributed by atoms with Gasteiger partial charge in [0.2, 0.25) is 5.91 Å². The lowest BCUT2D eigenvalue weighted by atomic mass is 10.1. The van der Waals surface area contributed by atoms with Crippen molar-refractivity contribution < 1.29 is 24.7 Å². The van der Waals surface area contributed by atoms with E-state index in [9.17, 15) is 19.5 Å². The highest BCUT2D eigenvalue weighted by Crippen LogP contribution is 2.40. The van der Waals surface area contributed by atoms with Crippen molar-refractivity contribution in [1.29, 1.82) is 0 Å². The van der Waals surface area contributed by atoms with Crippen molar-refractivity contribution in [3.8, 4) is 11.8 Å². The molecule has 6 N–H and O–H groups in total. The van der Waals surface area contributed by atoms with Crippen LogP contribution >= 0.6 is 0 Å². The van der Waals surface area contributed by atoms with Crippen molar-refractivity contribution in [3.05, 3.63) is 101 Å². The first-order chi connectivity index (χ1) is 18.8. The molecular formula is C31H34N4O5. The first-order valence-electron chi connectivity index (χ1n) is 12.6. The third-order valence-electron chi connectivity index (χ3n) is 6.37. The van der Waals surface area contributed by atoms with Crippen LogP contribution in [0.5, 0.6) is 0 Å². The molecule has 1 saturated carbocycles. The summed E-state index contributed by atoms with van der Waals surface area (Å²) in [7, 11) is 0. The number of hydroxylamine groups is 1. The lowest BCUT2D eigenvalue weighted by Gasteiger charge is -2.19. The van der Waals surface area contributed by atoms with E-state index in [1.54, 1.807) is 36.4 Å². The third-order valence-corrected chi connectivity index (χ3v) is 6.37. The Labute approximate surface area is 234 Å². The summed E-state index contributed by atoms with van der Waals surface area (Å²) in [5, 5.41) is 27.0. The second-order valence-corrected chi connectivity index (χ2v) is 9.36. The number of hydrogen-bond acceptors (Lipinski definition) is 6. The van der Waals surface area contributed by atoms with Crippen LogP contribution in [0.15, 0.2) is 78.9 Å². The molecule has 1 fully saturated rings. The van der Waals surface area contributed by atoms with Crippen LogP contribution in [0.1, 0.15) is 53.7 Å². The Morgan fingerprint density at radius 3 is 2.10 bits per heavy atom. The third kappa shape index (κ3) is 8.25. The van der Waals surface area contributed by atoms with Gasteiger partial charge in [0.25, 0.3) is 11.8 Å². The van der Waals surface area contributed by atoms with Crippen molar-refractivity contribution >= 4 is 23.4 Å². The first-order valence-corrected chi connectivity index (χ1v) is 12.6. The molecule has 0 heterocycles. The van der Waals surface area contributed by atoms with E-state index >= 15 is 0 Å². The number of amides is 3. The molecule has 3 aromatic carbocycles. The smallest absolute Gasteiger partial charge is 0.268 e. The van der Waals surface area contributed by atoms with Gasteiger partial charge in [-0.3, -0.25) is 19.6 Å². The molecule has 3 aromatic rings. The molecule has 40 heavy (non-hydrogen) atoms. The summed E-state index contributed by atoms with van der Waals surface area (Å²) in [6, 6.07) is 22.9. The second kappa shape index (κ2) is 14.1. The number of aliphatic hydroxyl groups is 1. The van der Waals surface area contributed by atoms with Gasteiger partial charge >= 0.3 is 0 Å². The van der Waals surface area contributed by atoms with Crippen molar-refractivity contribution in [2.75, 3.05) is 11.9 Å². The van der Waals surface area contributed by atoms with Crippen molar-refractivity contribution in [2.45, 2.75) is 44.9 Å². The fourth-order valence-electron chi connectivity index (χ4n) is 4.10. The zero-order chi connectivity index (χ0) is 27.8. The van der Waals surface area contributed by atoms with Crippen LogP contribution in [0.2, 0.25) is 0 Å². The average Bonchev–Trinajstić information content (AvgIpc) is 3.74. The van der Waals surface area contributed by atoms with Gasteiger partial charge in [-0.1, -0.05) is 49.6 Å². The van der Waals surface area contributed by atoms with E-state index in [1.165, 1.54) is 18.0 Å². The van der Waals surface area contributed by atoms with Gasteiger partial charge in [0.1, 0.15) is 6.04 Å². The molecule has 9 nitrogen and oxygen atoms in total. The minimum absolute atomic E-state index is 0. The lowest BCUT2D eigenvalue weighted by Crippen LogP contribution is -2.51. The Kier molecular flexibility index (Phi) is 10.6. The van der Waals surface area contributed by atoms with Gasteiger partial charge < -0.3 is 21.1 Å². The Morgan fingerprint density at radius 1 is 0.925 bits per heavy atom. The summed E-state index contributed by atoms with van der Waals surface area (Å²) in [4.78, 5) is 36.3. The molecular weight excluding hydrogens is 508 g/mol. The molecule has 4 rings (SSSR count). The van der Waals surface area contributed by atoms with Gasteiger partial charge in [-0.25, -0.2) is 5.48 Å². The number of rotatable bonds is 9. The summed E-state index contributed by atoms with van der Waals surface area (Å²) in [6.45, 7) is 1.57. The lowest BCUT2D eigenvalue weighted by molar-refractivity contribution is -0.133. The Morgan fingerprint density at radius 2 is 1.52 bits per heavy atom. The highest BCUT2D eigenvalue weighted by molar-refractivity contribution is 5.97. The highest BCUT2D eigenvalue weighted by Gasteiger charge is 2.37. The van der Waals surface area contributed by atoms with E-state index in [0.717, 1.165) is 12.0 Å². The van der Waals surface area contributed by atoms with E-state index in [2.05, 4.69) is 39.9 Å². The van der Waals surface area contributed by atoms with Crippen LogP contribution in [0.25, 0.3) is 0 Å². The maximum Gasteiger partial charge on any atom is 0.268 e. The maximum absolute atomic E-state index is 12.4. The van der Waals surface area contributed by atoms with E-state index in [4.69, 9.17) is 5.21 Å². The maximum atomic E-state index is 12.4. The summed E-state index contributed by atoms with van der Waals surface area (Å²) < 4.78 is 0. The molecule has 0 aliphatic heterocycles. The first kappa shape index (κ1) is 30.1. The Bertz CT molecular complexity index is 1360.